The second-order valence-electron chi connectivity index (χ2n) is 5.67. The number of carbonyl (C=O) groups is 1. The van der Waals surface area contributed by atoms with Gasteiger partial charge in [0.2, 0.25) is 5.82 Å². The lowest BCUT2D eigenvalue weighted by Crippen LogP contribution is -2.15. The van der Waals surface area contributed by atoms with Crippen molar-refractivity contribution in [2.45, 2.75) is 27.4 Å². The summed E-state index contributed by atoms with van der Waals surface area (Å²) in [4.78, 5) is 17.0. The number of rotatable bonds is 6. The number of nitrogens with zero attached hydrogens (tertiary/aromatic N) is 2. The highest BCUT2D eigenvalue weighted by atomic mass is 32.1. The quantitative estimate of drug-likeness (QED) is 0.623. The van der Waals surface area contributed by atoms with Gasteiger partial charge in [0.25, 0.3) is 5.89 Å². The number of ether oxygens (including phenoxy) is 2. The van der Waals surface area contributed by atoms with Gasteiger partial charge in [-0.1, -0.05) is 28.9 Å². The van der Waals surface area contributed by atoms with E-state index in [1.807, 2.05) is 50.4 Å². The van der Waals surface area contributed by atoms with Crippen LogP contribution in [0.4, 0.5) is 0 Å². The fraction of sp³-hybridized carbons (Fsp3) is 0.278. The highest BCUT2D eigenvalue weighted by Crippen LogP contribution is 2.24. The lowest BCUT2D eigenvalue weighted by Gasteiger charge is -2.12. The molecule has 25 heavy (non-hydrogen) atoms. The topological polar surface area (TPSA) is 74.5 Å². The Kier molecular flexibility index (Phi) is 5.14. The zero-order valence-corrected chi connectivity index (χ0v) is 15.1. The minimum absolute atomic E-state index is 0.0770. The van der Waals surface area contributed by atoms with E-state index < -0.39 is 5.97 Å². The summed E-state index contributed by atoms with van der Waals surface area (Å²) < 4.78 is 15.8. The molecule has 0 saturated heterocycles. The van der Waals surface area contributed by atoms with Crippen molar-refractivity contribution in [1.82, 2.24) is 10.1 Å². The van der Waals surface area contributed by atoms with Crippen molar-refractivity contribution < 1.29 is 18.8 Å². The first-order valence-electron chi connectivity index (χ1n) is 7.75. The van der Waals surface area contributed by atoms with Crippen molar-refractivity contribution in [2.75, 3.05) is 6.61 Å². The van der Waals surface area contributed by atoms with E-state index in [9.17, 15) is 4.79 Å². The number of thiophene rings is 1. The van der Waals surface area contributed by atoms with E-state index in [0.29, 0.717) is 11.6 Å². The van der Waals surface area contributed by atoms with Gasteiger partial charge in [0.1, 0.15) is 5.75 Å². The summed E-state index contributed by atoms with van der Waals surface area (Å²) in [5.74, 6) is 0.957. The molecule has 130 valence electrons. The molecule has 2 heterocycles. The van der Waals surface area contributed by atoms with E-state index >= 15 is 0 Å². The van der Waals surface area contributed by atoms with Crippen molar-refractivity contribution >= 4 is 17.3 Å². The Morgan fingerprint density at radius 2 is 2.00 bits per heavy atom. The van der Waals surface area contributed by atoms with Crippen LogP contribution in [0.2, 0.25) is 0 Å². The van der Waals surface area contributed by atoms with E-state index in [1.54, 1.807) is 0 Å². The number of carbonyl (C=O) groups excluding carboxylic acids is 1. The predicted molar refractivity (Wildman–Crippen MR) is 93.6 cm³/mol. The molecular weight excluding hydrogens is 340 g/mol. The van der Waals surface area contributed by atoms with Crippen molar-refractivity contribution in [1.29, 1.82) is 0 Å². The van der Waals surface area contributed by atoms with Crippen LogP contribution in [0.5, 0.6) is 5.75 Å². The van der Waals surface area contributed by atoms with Crippen LogP contribution in [-0.4, -0.2) is 22.7 Å². The van der Waals surface area contributed by atoms with Crippen molar-refractivity contribution in [3.05, 3.63) is 52.2 Å². The number of aryl methyl sites for hydroxylation is 3. The molecule has 7 heteroatoms. The first-order valence-corrected chi connectivity index (χ1v) is 8.63. The van der Waals surface area contributed by atoms with Gasteiger partial charge < -0.3 is 14.0 Å². The van der Waals surface area contributed by atoms with Crippen LogP contribution in [0, 0.1) is 20.8 Å². The normalized spacial score (nSPS) is 10.7. The van der Waals surface area contributed by atoms with Gasteiger partial charge in [-0.15, -0.1) is 11.3 Å². The molecule has 0 aliphatic carbocycles. The molecule has 3 rings (SSSR count). The molecule has 0 bridgehead atoms. The summed E-state index contributed by atoms with van der Waals surface area (Å²) in [5.41, 5.74) is 3.13. The van der Waals surface area contributed by atoms with Gasteiger partial charge in [0.05, 0.1) is 4.88 Å². The second kappa shape index (κ2) is 7.48. The smallest absolute Gasteiger partial charge is 0.344 e. The van der Waals surface area contributed by atoms with Crippen molar-refractivity contribution in [2.24, 2.45) is 0 Å². The fourth-order valence-corrected chi connectivity index (χ4v) is 3.18. The molecule has 0 unspecified atom stereocenters. The summed E-state index contributed by atoms with van der Waals surface area (Å²) in [7, 11) is 0. The van der Waals surface area contributed by atoms with Crippen LogP contribution in [0.15, 0.2) is 34.2 Å². The van der Waals surface area contributed by atoms with Gasteiger partial charge in [0.15, 0.2) is 13.2 Å². The molecule has 0 radical (unpaired) electrons. The number of hydrogen-bond acceptors (Lipinski definition) is 7. The average molecular weight is 358 g/mol. The summed E-state index contributed by atoms with van der Waals surface area (Å²) in [6.07, 6.45) is 0. The number of benzene rings is 1. The lowest BCUT2D eigenvalue weighted by atomic mass is 10.1. The van der Waals surface area contributed by atoms with E-state index in [4.69, 9.17) is 14.0 Å². The Morgan fingerprint density at radius 3 is 2.68 bits per heavy atom. The molecule has 0 atom stereocenters. The lowest BCUT2D eigenvalue weighted by molar-refractivity contribution is -0.148. The standard InChI is InChI=1S/C18H18N2O4S/c1-11-7-12(2)17(13(3)8-11)23-10-16(21)22-9-15-19-18(20-24-15)14-5-4-6-25-14/h4-8H,9-10H2,1-3H3. The molecule has 0 amide bonds. The van der Waals surface area contributed by atoms with E-state index in [2.05, 4.69) is 10.1 Å². The molecule has 1 aromatic carbocycles. The van der Waals surface area contributed by atoms with Gasteiger partial charge in [0, 0.05) is 0 Å². The van der Waals surface area contributed by atoms with Crippen LogP contribution in [-0.2, 0) is 16.1 Å². The molecular formula is C18H18N2O4S. The molecule has 0 aliphatic heterocycles. The third kappa shape index (κ3) is 4.24. The maximum atomic E-state index is 11.9. The minimum atomic E-state index is -0.491. The Hall–Kier alpha value is -2.67. The molecule has 0 aliphatic rings. The highest BCUT2D eigenvalue weighted by Gasteiger charge is 2.13. The minimum Gasteiger partial charge on any atom is -0.481 e. The Morgan fingerprint density at radius 1 is 1.24 bits per heavy atom. The molecule has 2 aromatic heterocycles. The maximum Gasteiger partial charge on any atom is 0.344 e. The van der Waals surface area contributed by atoms with Crippen LogP contribution < -0.4 is 4.74 Å². The molecule has 3 aromatic rings. The molecule has 0 fully saturated rings. The van der Waals surface area contributed by atoms with E-state index in [1.165, 1.54) is 11.3 Å². The van der Waals surface area contributed by atoms with E-state index in [-0.39, 0.29) is 19.1 Å². The Bertz CT molecular complexity index is 848. The summed E-state index contributed by atoms with van der Waals surface area (Å²) in [6.45, 7) is 5.67. The maximum absolute atomic E-state index is 11.9. The number of aromatic nitrogens is 2. The van der Waals surface area contributed by atoms with Crippen molar-refractivity contribution in [3.63, 3.8) is 0 Å². The molecule has 0 saturated carbocycles. The van der Waals surface area contributed by atoms with Gasteiger partial charge in [-0.2, -0.15) is 4.98 Å². The zero-order chi connectivity index (χ0) is 17.8. The third-order valence-electron chi connectivity index (χ3n) is 3.51. The first kappa shape index (κ1) is 17.2. The van der Waals surface area contributed by atoms with Gasteiger partial charge in [-0.05, 0) is 43.3 Å². The highest BCUT2D eigenvalue weighted by molar-refractivity contribution is 7.13. The SMILES string of the molecule is Cc1cc(C)c(OCC(=O)OCc2nc(-c3cccs3)no2)c(C)c1. The van der Waals surface area contributed by atoms with E-state index in [0.717, 1.165) is 21.6 Å². The third-order valence-corrected chi connectivity index (χ3v) is 4.37. The van der Waals surface area contributed by atoms with Crippen LogP contribution in [0.3, 0.4) is 0 Å². The summed E-state index contributed by atoms with van der Waals surface area (Å²) >= 11 is 1.51. The number of hydrogen-bond donors (Lipinski definition) is 0. The summed E-state index contributed by atoms with van der Waals surface area (Å²) in [5, 5.41) is 5.79. The molecule has 0 N–H and O–H groups in total. The molecule has 0 spiro atoms. The number of esters is 1. The van der Waals surface area contributed by atoms with Crippen LogP contribution in [0.1, 0.15) is 22.6 Å². The van der Waals surface area contributed by atoms with Gasteiger partial charge in [-0.25, -0.2) is 4.79 Å². The monoisotopic (exact) mass is 358 g/mol. The first-order chi connectivity index (χ1) is 12.0. The second-order valence-corrected chi connectivity index (χ2v) is 6.61. The fourth-order valence-electron chi connectivity index (χ4n) is 2.53. The summed E-state index contributed by atoms with van der Waals surface area (Å²) in [6, 6.07) is 7.82. The zero-order valence-electron chi connectivity index (χ0n) is 14.2. The van der Waals surface area contributed by atoms with Gasteiger partial charge >= 0.3 is 5.97 Å². The predicted octanol–water partition coefficient (Wildman–Crippen LogP) is 3.85. The van der Waals surface area contributed by atoms with Crippen molar-refractivity contribution in [3.8, 4) is 16.5 Å². The Labute approximate surface area is 149 Å². The Balaban J connectivity index is 1.52. The van der Waals surface area contributed by atoms with Crippen LogP contribution in [0.25, 0.3) is 10.7 Å². The molecule has 6 nitrogen and oxygen atoms in total. The largest absolute Gasteiger partial charge is 0.481 e. The van der Waals surface area contributed by atoms with Crippen LogP contribution >= 0.6 is 11.3 Å². The van der Waals surface area contributed by atoms with Gasteiger partial charge in [-0.3, -0.25) is 0 Å². The average Bonchev–Trinajstić information content (AvgIpc) is 3.23.